The molecule has 2 aromatic heterocycles. The highest BCUT2D eigenvalue weighted by atomic mass is 32.2. The monoisotopic (exact) mass is 1640 g/mol. The summed E-state index contributed by atoms with van der Waals surface area (Å²) in [5.74, 6) is -15.3. The number of phenols is 2. The topological polar surface area (TPSA) is 518 Å². The van der Waals surface area contributed by atoms with E-state index >= 15 is 14.4 Å². The number of nitrogens with zero attached hydrogens (tertiary/aromatic N) is 2. The zero-order chi connectivity index (χ0) is 85.7. The highest BCUT2D eigenvalue weighted by Gasteiger charge is 2.40. The molecule has 8 rings (SSSR count). The first-order chi connectivity index (χ1) is 56.3. The molecular weight excluding hydrogens is 1540 g/mol. The minimum atomic E-state index is -1.80. The highest BCUT2D eigenvalue weighted by Crippen LogP contribution is 2.23. The Bertz CT molecular complexity index is 4610. The van der Waals surface area contributed by atoms with Gasteiger partial charge in [0.2, 0.25) is 82.7 Å². The van der Waals surface area contributed by atoms with Crippen LogP contribution in [-0.2, 0) is 106 Å². The Morgan fingerprint density at radius 1 is 0.500 bits per heavy atom. The van der Waals surface area contributed by atoms with Gasteiger partial charge in [0.1, 0.15) is 78.0 Å². The molecule has 0 radical (unpaired) electrons. The van der Waals surface area contributed by atoms with Crippen molar-refractivity contribution in [2.75, 3.05) is 38.2 Å². The number of benzene rings is 5. The summed E-state index contributed by atoms with van der Waals surface area (Å²) in [4.78, 5) is 215. The van der Waals surface area contributed by atoms with Crippen LogP contribution in [0.25, 0.3) is 10.9 Å². The van der Waals surface area contributed by atoms with Crippen LogP contribution >= 0.6 is 11.8 Å². The molecule has 630 valence electrons. The van der Waals surface area contributed by atoms with E-state index < -0.39 is 181 Å². The van der Waals surface area contributed by atoms with Gasteiger partial charge in [-0.2, -0.15) is 0 Å². The highest BCUT2D eigenvalue weighted by molar-refractivity contribution is 8.00. The number of imidazole rings is 1. The van der Waals surface area contributed by atoms with Crippen LogP contribution in [0.1, 0.15) is 87.9 Å². The summed E-state index contributed by atoms with van der Waals surface area (Å²) >= 11 is 0.831. The number of likely N-dealkylation sites (N-methyl/N-ethyl adjacent to an activating group) is 1. The number of phenolic OH excluding ortho intramolecular Hbond substituents is 2. The van der Waals surface area contributed by atoms with Crippen LogP contribution in [0.3, 0.4) is 0 Å². The van der Waals surface area contributed by atoms with E-state index in [2.05, 4.69) is 78.8 Å². The molecule has 0 bridgehead atoms. The predicted octanol–water partition coefficient (Wildman–Crippen LogP) is -0.0618. The molecule has 35 heteroatoms. The van der Waals surface area contributed by atoms with Crippen molar-refractivity contribution in [2.45, 2.75) is 159 Å². The molecule has 3 heterocycles. The van der Waals surface area contributed by atoms with E-state index in [9.17, 15) is 68.1 Å². The van der Waals surface area contributed by atoms with E-state index in [-0.39, 0.29) is 80.5 Å². The molecule has 118 heavy (non-hydrogen) atoms. The Kier molecular flexibility index (Phi) is 34.2. The molecular formula is C83H105N17O17S. The van der Waals surface area contributed by atoms with Crippen LogP contribution in [-0.4, -0.2) is 223 Å². The largest absolute Gasteiger partial charge is 0.508 e. The van der Waals surface area contributed by atoms with E-state index in [1.54, 1.807) is 133 Å². The molecule has 0 unspecified atom stereocenters. The molecule has 1 aliphatic heterocycles. The number of primary amides is 1. The number of aromatic amines is 2. The van der Waals surface area contributed by atoms with Gasteiger partial charge in [0.15, 0.2) is 0 Å². The quantitative estimate of drug-likeness (QED) is 0.0448. The predicted molar refractivity (Wildman–Crippen MR) is 437 cm³/mol. The average Bonchev–Trinajstić information content (AvgIpc) is 1.44. The van der Waals surface area contributed by atoms with Crippen molar-refractivity contribution < 1.29 is 82.4 Å². The molecule has 1 fully saturated rings. The normalized spacial score (nSPS) is 22.3. The van der Waals surface area contributed by atoms with Gasteiger partial charge in [0.25, 0.3) is 0 Å². The van der Waals surface area contributed by atoms with Crippen molar-refractivity contribution in [3.63, 3.8) is 0 Å². The molecule has 5 aromatic carbocycles. The minimum absolute atomic E-state index is 0.0300. The Balaban J connectivity index is 1.18. The third kappa shape index (κ3) is 28.1. The molecule has 0 aliphatic carbocycles. The zero-order valence-corrected chi connectivity index (χ0v) is 67.5. The van der Waals surface area contributed by atoms with Crippen molar-refractivity contribution >= 4 is 105 Å². The lowest BCUT2D eigenvalue weighted by molar-refractivity contribution is -0.143. The van der Waals surface area contributed by atoms with Crippen molar-refractivity contribution in [2.24, 2.45) is 23.5 Å². The molecule has 1 aliphatic rings. The molecule has 14 amide bonds. The molecule has 0 spiro atoms. The van der Waals surface area contributed by atoms with Crippen molar-refractivity contribution in [3.8, 4) is 11.5 Å². The maximum absolute atomic E-state index is 15.6. The van der Waals surface area contributed by atoms with Crippen LogP contribution in [0.5, 0.6) is 11.5 Å². The summed E-state index contributed by atoms with van der Waals surface area (Å²) in [5.41, 5.74) is 8.91. The number of para-hydroxylation sites is 1. The molecule has 7 aromatic rings. The number of hydrogen-bond donors (Lipinski definition) is 18. The van der Waals surface area contributed by atoms with Crippen LogP contribution in [0.4, 0.5) is 0 Å². The summed E-state index contributed by atoms with van der Waals surface area (Å²) < 4.78 is 0. The summed E-state index contributed by atoms with van der Waals surface area (Å²) in [6.45, 7) is 7.67. The lowest BCUT2D eigenvalue weighted by Gasteiger charge is -2.33. The van der Waals surface area contributed by atoms with Crippen molar-refractivity contribution in [1.82, 2.24) is 83.7 Å². The van der Waals surface area contributed by atoms with Gasteiger partial charge in [0, 0.05) is 80.3 Å². The number of nitrogens with one attached hydrogen (secondary N) is 14. The van der Waals surface area contributed by atoms with Gasteiger partial charge in [-0.25, -0.2) is 4.98 Å². The Labute approximate surface area is 686 Å². The van der Waals surface area contributed by atoms with Gasteiger partial charge < -0.3 is 99.7 Å². The minimum Gasteiger partial charge on any atom is -0.508 e. The fourth-order valence-electron chi connectivity index (χ4n) is 13.2. The van der Waals surface area contributed by atoms with Crippen LogP contribution in [0.2, 0.25) is 0 Å². The SMILES string of the molecule is CC(C)C[C@@H]1NC(=O)[C@H](Cc2ccc(O)cc2)NC(=O)[C@H](Cc2ccccc2)NC(=O)CSC[C@@H](C(=O)NCC(N)=O)NC(=O)[C@H](CC(C)C)NC(=O)[C@H](Cc2ccccc2)N(C)C(=O)[C@H](Cc2ccc(O)cc2)NC(=O)[C@H](Cc2c[nH]c3ccccc23)NC(=O)CNC(=O)[C@H](CO)NC(=O)[C@H](Cc2cnc[nH]2)NC(=O)[C@H](C(C)C)NC1=O. The van der Waals surface area contributed by atoms with E-state index in [1.807, 2.05) is 0 Å². The van der Waals surface area contributed by atoms with Gasteiger partial charge in [-0.15, -0.1) is 11.8 Å². The fraction of sp³-hybridized carbons (Fsp3) is 0.410. The number of carbonyl (C=O) groups is 14. The molecule has 19 N–H and O–H groups in total. The van der Waals surface area contributed by atoms with Crippen LogP contribution < -0.4 is 69.5 Å². The second-order valence-corrected chi connectivity index (χ2v) is 31.2. The number of fused-ring (bicyclic) bond motifs is 1. The van der Waals surface area contributed by atoms with Crippen LogP contribution in [0.15, 0.2) is 152 Å². The zero-order valence-electron chi connectivity index (χ0n) is 66.6. The number of H-pyrrole nitrogens is 2. The number of aromatic nitrogens is 3. The van der Waals surface area contributed by atoms with Gasteiger partial charge in [-0.05, 0) is 88.7 Å². The van der Waals surface area contributed by atoms with Gasteiger partial charge >= 0.3 is 0 Å². The number of amides is 14. The first-order valence-corrected chi connectivity index (χ1v) is 39.9. The second kappa shape index (κ2) is 44.4. The third-order valence-corrected chi connectivity index (χ3v) is 20.5. The average molecular weight is 1640 g/mol. The van der Waals surface area contributed by atoms with Crippen LogP contribution in [0, 0.1) is 17.8 Å². The maximum atomic E-state index is 15.6. The first-order valence-electron chi connectivity index (χ1n) is 38.8. The summed E-state index contributed by atoms with van der Waals surface area (Å²) in [6, 6.07) is 18.9. The first kappa shape index (κ1) is 90.9. The number of carbonyl (C=O) groups excluding carboxylic acids is 14. The smallest absolute Gasteiger partial charge is 0.245 e. The van der Waals surface area contributed by atoms with E-state index in [4.69, 9.17) is 5.73 Å². The van der Waals surface area contributed by atoms with Gasteiger partial charge in [0.05, 0.1) is 31.8 Å². The Hall–Kier alpha value is -12.7. The van der Waals surface area contributed by atoms with Gasteiger partial charge in [-0.1, -0.05) is 145 Å². The summed E-state index contributed by atoms with van der Waals surface area (Å²) in [6.07, 6.45) is 2.82. The van der Waals surface area contributed by atoms with E-state index in [1.165, 1.54) is 68.1 Å². The number of nitrogens with two attached hydrogens (primary N) is 1. The number of thioether (sulfide) groups is 1. The third-order valence-electron chi connectivity index (χ3n) is 19.4. The Morgan fingerprint density at radius 2 is 0.966 bits per heavy atom. The molecule has 1 saturated heterocycles. The standard InChI is InChI=1S/C83H105N17O17S/c1-46(2)30-59-75(109)98-67(74(108)87-40-69(84)104)43-118-44-71(106)91-61(32-49-16-10-8-11-17-49)76(110)93-62(33-51-22-26-55(102)27-23-51)77(111)92-60(31-47(3)4)80(114)99-72(48(5)6)82(116)95-64(37-54-39-85-45-89-54)79(113)97-66(42-101)73(107)88-41-70(105)90-63(36-53-38-86-58-21-15-14-20-57(53)58)78(112)96-65(34-52-24-28-56(103)29-25-52)83(117)100(7)68(81(115)94-59)35-50-18-12-9-13-19-50/h8-29,38-39,45-48,59-68,72,86,101-103H,30-37,40-44H2,1-7H3,(H2,84,104)(H,85,89)(H,87,108)(H,88,107)(H,90,105)(H,91,106)(H,92,111)(H,93,110)(H,94,115)(H,95,116)(H,96,112)(H,97,113)(H,98,109)(H,99,114)/t59-,60-,61-,62-,63-,64-,65-,66-,67-,68-,72-/m0/s1. The maximum Gasteiger partial charge on any atom is 0.245 e. The lowest BCUT2D eigenvalue weighted by atomic mass is 9.98. The number of aromatic hydroxyl groups is 2. The molecule has 11 atom stereocenters. The van der Waals surface area contributed by atoms with Crippen molar-refractivity contribution in [1.29, 1.82) is 0 Å². The lowest BCUT2D eigenvalue weighted by Crippen LogP contribution is -2.61. The number of hydrogen-bond acceptors (Lipinski definition) is 19. The second-order valence-electron chi connectivity index (χ2n) is 30.2. The van der Waals surface area contributed by atoms with E-state index in [0.717, 1.165) is 16.7 Å². The fourth-order valence-corrected chi connectivity index (χ4v) is 14.1. The number of aliphatic hydroxyl groups is 1. The molecule has 0 saturated carbocycles. The van der Waals surface area contributed by atoms with Gasteiger partial charge in [-0.3, -0.25) is 67.1 Å². The van der Waals surface area contributed by atoms with E-state index in [0.29, 0.717) is 44.4 Å². The summed E-state index contributed by atoms with van der Waals surface area (Å²) in [7, 11) is 1.32. The number of aliphatic hydroxyl groups excluding tert-OH is 1. The summed E-state index contributed by atoms with van der Waals surface area (Å²) in [5, 5.41) is 63.8. The Morgan fingerprint density at radius 3 is 1.52 bits per heavy atom. The van der Waals surface area contributed by atoms with Crippen molar-refractivity contribution in [3.05, 3.63) is 186 Å². The molecule has 34 nitrogen and oxygen atoms in total. The number of rotatable bonds is 21.